The van der Waals surface area contributed by atoms with E-state index in [-0.39, 0.29) is 6.04 Å². The quantitative estimate of drug-likeness (QED) is 0.531. The van der Waals surface area contributed by atoms with E-state index in [4.69, 9.17) is 10.5 Å². The van der Waals surface area contributed by atoms with Crippen molar-refractivity contribution in [2.24, 2.45) is 17.1 Å². The Hall–Kier alpha value is -0.500. The zero-order chi connectivity index (χ0) is 12.8. The van der Waals surface area contributed by atoms with Crippen LogP contribution in [-0.4, -0.2) is 12.6 Å². The Balaban J connectivity index is 3.56. The number of hydrogen-bond donors (Lipinski definition) is 1. The van der Waals surface area contributed by atoms with Crippen LogP contribution in [0.15, 0.2) is 12.3 Å². The van der Waals surface area contributed by atoms with Gasteiger partial charge in [-0.15, -0.1) is 0 Å². The summed E-state index contributed by atoms with van der Waals surface area (Å²) < 4.78 is 5.56. The van der Waals surface area contributed by atoms with Crippen LogP contribution in [0.3, 0.4) is 0 Å². The molecule has 16 heavy (non-hydrogen) atoms. The minimum absolute atomic E-state index is 0.0392. The van der Waals surface area contributed by atoms with E-state index in [1.165, 1.54) is 12.8 Å². The maximum absolute atomic E-state index is 5.92. The zero-order valence-electron chi connectivity index (χ0n) is 11.7. The largest absolute Gasteiger partial charge is 0.497 e. The van der Waals surface area contributed by atoms with Gasteiger partial charge in [0, 0.05) is 0 Å². The summed E-state index contributed by atoms with van der Waals surface area (Å²) >= 11 is 0. The first kappa shape index (κ1) is 15.5. The van der Waals surface area contributed by atoms with Crippen LogP contribution in [-0.2, 0) is 4.74 Å². The van der Waals surface area contributed by atoms with E-state index in [9.17, 15) is 0 Å². The van der Waals surface area contributed by atoms with Gasteiger partial charge in [-0.2, -0.15) is 0 Å². The van der Waals surface area contributed by atoms with E-state index in [0.29, 0.717) is 11.3 Å². The molecule has 0 fully saturated rings. The number of nitrogens with two attached hydrogens (primary N) is 1. The van der Waals surface area contributed by atoms with E-state index in [1.54, 1.807) is 0 Å². The normalized spacial score (nSPS) is 13.9. The lowest BCUT2D eigenvalue weighted by Crippen LogP contribution is -2.29. The third-order valence-electron chi connectivity index (χ3n) is 2.70. The average molecular weight is 227 g/mol. The van der Waals surface area contributed by atoms with Crippen molar-refractivity contribution in [1.29, 1.82) is 0 Å². The lowest BCUT2D eigenvalue weighted by molar-refractivity contribution is 0.175. The van der Waals surface area contributed by atoms with Crippen molar-refractivity contribution in [2.75, 3.05) is 6.61 Å². The van der Waals surface area contributed by atoms with Crippen molar-refractivity contribution >= 4 is 0 Å². The summed E-state index contributed by atoms with van der Waals surface area (Å²) in [5, 5.41) is 0. The Bertz CT molecular complexity index is 203. The number of ether oxygens (including phenoxy) is 1. The van der Waals surface area contributed by atoms with Gasteiger partial charge in [0.2, 0.25) is 0 Å². The molecule has 0 aliphatic heterocycles. The van der Waals surface area contributed by atoms with Crippen molar-refractivity contribution in [3.8, 4) is 0 Å². The van der Waals surface area contributed by atoms with Gasteiger partial charge in [0.25, 0.3) is 0 Å². The first-order chi connectivity index (χ1) is 7.24. The second-order valence-corrected chi connectivity index (χ2v) is 6.10. The molecule has 0 unspecified atom stereocenters. The summed E-state index contributed by atoms with van der Waals surface area (Å²) in [6.07, 6.45) is 3.52. The zero-order valence-corrected chi connectivity index (χ0v) is 11.7. The lowest BCUT2D eigenvalue weighted by Gasteiger charge is -2.20. The number of hydrogen-bond acceptors (Lipinski definition) is 2. The van der Waals surface area contributed by atoms with Gasteiger partial charge < -0.3 is 10.5 Å². The highest BCUT2D eigenvalue weighted by molar-refractivity contribution is 4.96. The molecule has 2 heteroatoms. The Morgan fingerprint density at radius 2 is 1.81 bits per heavy atom. The van der Waals surface area contributed by atoms with Crippen LogP contribution in [0.1, 0.15) is 53.9 Å². The molecule has 0 aromatic rings. The highest BCUT2D eigenvalue weighted by atomic mass is 16.5. The summed E-state index contributed by atoms with van der Waals surface area (Å²) in [5.74, 6) is 1.12. The van der Waals surface area contributed by atoms with Gasteiger partial charge in [0.05, 0.1) is 12.6 Å². The molecule has 0 bridgehead atoms. The summed E-state index contributed by atoms with van der Waals surface area (Å²) in [6, 6.07) is -0.0392. The second-order valence-electron chi connectivity index (χ2n) is 6.10. The molecular weight excluding hydrogens is 198 g/mol. The van der Waals surface area contributed by atoms with E-state index >= 15 is 0 Å². The van der Waals surface area contributed by atoms with E-state index in [2.05, 4.69) is 41.2 Å². The molecule has 0 saturated carbocycles. The molecule has 0 aliphatic rings. The first-order valence-corrected chi connectivity index (χ1v) is 6.31. The third-order valence-corrected chi connectivity index (χ3v) is 2.70. The molecule has 0 aromatic heterocycles. The highest BCUT2D eigenvalue weighted by Crippen LogP contribution is 2.21. The van der Waals surface area contributed by atoms with E-state index < -0.39 is 0 Å². The monoisotopic (exact) mass is 227 g/mol. The Labute approximate surface area is 101 Å². The fourth-order valence-corrected chi connectivity index (χ4v) is 1.43. The van der Waals surface area contributed by atoms with Crippen LogP contribution in [0.2, 0.25) is 0 Å². The van der Waals surface area contributed by atoms with Crippen LogP contribution < -0.4 is 5.73 Å². The second kappa shape index (κ2) is 6.95. The topological polar surface area (TPSA) is 35.2 Å². The molecule has 2 N–H and O–H groups in total. The first-order valence-electron chi connectivity index (χ1n) is 6.31. The SMILES string of the molecule is C=C(OCCCCC(C)(C)C)[C@H](N)C(C)C. The number of unbranched alkanes of at least 4 members (excludes halogenated alkanes) is 1. The molecule has 0 spiro atoms. The summed E-state index contributed by atoms with van der Waals surface area (Å²) in [4.78, 5) is 0. The molecule has 2 nitrogen and oxygen atoms in total. The molecule has 96 valence electrons. The fraction of sp³-hybridized carbons (Fsp3) is 0.857. The van der Waals surface area contributed by atoms with Crippen molar-refractivity contribution in [2.45, 2.75) is 59.9 Å². The van der Waals surface area contributed by atoms with Crippen LogP contribution in [0, 0.1) is 11.3 Å². The summed E-state index contributed by atoms with van der Waals surface area (Å²) in [7, 11) is 0. The third kappa shape index (κ3) is 7.75. The predicted octanol–water partition coefficient (Wildman–Crippen LogP) is 3.72. The molecule has 1 atom stereocenters. The van der Waals surface area contributed by atoms with Crippen molar-refractivity contribution in [3.63, 3.8) is 0 Å². The van der Waals surface area contributed by atoms with Crippen LogP contribution in [0.4, 0.5) is 0 Å². The molecule has 0 saturated heterocycles. The van der Waals surface area contributed by atoms with Crippen molar-refractivity contribution in [1.82, 2.24) is 0 Å². The molecular formula is C14H29NO. The fourth-order valence-electron chi connectivity index (χ4n) is 1.43. The Morgan fingerprint density at radius 1 is 1.25 bits per heavy atom. The van der Waals surface area contributed by atoms with Crippen LogP contribution in [0.25, 0.3) is 0 Å². The Kier molecular flexibility index (Phi) is 6.73. The van der Waals surface area contributed by atoms with Crippen LogP contribution >= 0.6 is 0 Å². The molecule has 0 aromatic carbocycles. The molecule has 0 aliphatic carbocycles. The maximum atomic E-state index is 5.92. The highest BCUT2D eigenvalue weighted by Gasteiger charge is 2.13. The predicted molar refractivity (Wildman–Crippen MR) is 71.2 cm³/mol. The van der Waals surface area contributed by atoms with Crippen molar-refractivity contribution < 1.29 is 4.74 Å². The Morgan fingerprint density at radius 3 is 2.25 bits per heavy atom. The smallest absolute Gasteiger partial charge is 0.106 e. The minimum atomic E-state index is -0.0392. The van der Waals surface area contributed by atoms with Gasteiger partial charge in [-0.3, -0.25) is 0 Å². The van der Waals surface area contributed by atoms with Gasteiger partial charge in [0.15, 0.2) is 0 Å². The van der Waals surface area contributed by atoms with Crippen molar-refractivity contribution in [3.05, 3.63) is 12.3 Å². The van der Waals surface area contributed by atoms with Crippen LogP contribution in [0.5, 0.6) is 0 Å². The lowest BCUT2D eigenvalue weighted by atomic mass is 9.90. The van der Waals surface area contributed by atoms with Gasteiger partial charge in [-0.05, 0) is 30.6 Å². The standard InChI is InChI=1S/C14H29NO/c1-11(2)13(15)12(3)16-10-8-7-9-14(4,5)6/h11,13H,3,7-10,15H2,1-2,4-6H3/t13-/m1/s1. The average Bonchev–Trinajstić information content (AvgIpc) is 2.13. The molecule has 0 rings (SSSR count). The summed E-state index contributed by atoms with van der Waals surface area (Å²) in [6.45, 7) is 15.6. The molecule has 0 heterocycles. The van der Waals surface area contributed by atoms with E-state index in [0.717, 1.165) is 18.8 Å². The summed E-state index contributed by atoms with van der Waals surface area (Å²) in [5.41, 5.74) is 6.34. The number of rotatable bonds is 7. The van der Waals surface area contributed by atoms with E-state index in [1.807, 2.05) is 0 Å². The molecule has 0 amide bonds. The minimum Gasteiger partial charge on any atom is -0.497 e. The maximum Gasteiger partial charge on any atom is 0.106 e. The van der Waals surface area contributed by atoms with Gasteiger partial charge in [0.1, 0.15) is 5.76 Å². The van der Waals surface area contributed by atoms with Gasteiger partial charge in [-0.1, -0.05) is 41.2 Å². The molecule has 0 radical (unpaired) electrons. The van der Waals surface area contributed by atoms with Gasteiger partial charge >= 0.3 is 0 Å². The van der Waals surface area contributed by atoms with Gasteiger partial charge in [-0.25, -0.2) is 0 Å².